The minimum Gasteiger partial charge on any atom is -0.469 e. The summed E-state index contributed by atoms with van der Waals surface area (Å²) in [7, 11) is 0. The molecule has 0 aromatic carbocycles. The fourth-order valence-electron chi connectivity index (χ4n) is 0.862. The van der Waals surface area contributed by atoms with Crippen molar-refractivity contribution in [3.63, 3.8) is 0 Å². The number of rotatable bonds is 4. The van der Waals surface area contributed by atoms with Gasteiger partial charge in [-0.05, 0) is 25.1 Å². The molecule has 0 aromatic rings. The SMILES string of the molecule is CCCOC(=S)N(CCC)OC(=O)NC(N)=O. The Bertz CT molecular complexity index is 285. The van der Waals surface area contributed by atoms with Gasteiger partial charge in [-0.3, -0.25) is 0 Å². The highest BCUT2D eigenvalue weighted by Crippen LogP contribution is 2.00. The molecule has 0 rings (SSSR count). The van der Waals surface area contributed by atoms with Gasteiger partial charge in [-0.15, -0.1) is 0 Å². The number of ether oxygens (including phenoxy) is 1. The number of hydrogen-bond donors (Lipinski definition) is 2. The summed E-state index contributed by atoms with van der Waals surface area (Å²) in [5.41, 5.74) is 4.77. The summed E-state index contributed by atoms with van der Waals surface area (Å²) < 4.78 is 5.15. The zero-order valence-electron chi connectivity index (χ0n) is 9.89. The number of imide groups is 1. The minimum absolute atomic E-state index is 0.0494. The first-order chi connectivity index (χ1) is 8.01. The number of nitrogens with two attached hydrogens (primary N) is 1. The van der Waals surface area contributed by atoms with E-state index in [-0.39, 0.29) is 5.17 Å². The van der Waals surface area contributed by atoms with Gasteiger partial charge in [0.2, 0.25) is 0 Å². The molecule has 0 aliphatic rings. The van der Waals surface area contributed by atoms with Crippen molar-refractivity contribution in [3.8, 4) is 0 Å². The number of nitrogens with one attached hydrogen (secondary N) is 1. The van der Waals surface area contributed by atoms with Gasteiger partial charge in [0.1, 0.15) is 0 Å². The Kier molecular flexibility index (Phi) is 7.78. The van der Waals surface area contributed by atoms with Crippen LogP contribution in [0.2, 0.25) is 0 Å². The first-order valence-corrected chi connectivity index (χ1v) is 5.64. The van der Waals surface area contributed by atoms with Crippen molar-refractivity contribution in [1.82, 2.24) is 10.4 Å². The normalized spacial score (nSPS) is 9.29. The second kappa shape index (κ2) is 8.57. The summed E-state index contributed by atoms with van der Waals surface area (Å²) in [5, 5.41) is 2.91. The van der Waals surface area contributed by atoms with Gasteiger partial charge < -0.3 is 15.3 Å². The van der Waals surface area contributed by atoms with Gasteiger partial charge in [0, 0.05) is 0 Å². The molecule has 0 fully saturated rings. The predicted molar refractivity (Wildman–Crippen MR) is 65.0 cm³/mol. The maximum atomic E-state index is 11.1. The van der Waals surface area contributed by atoms with Gasteiger partial charge in [-0.2, -0.15) is 5.06 Å². The van der Waals surface area contributed by atoms with Crippen molar-refractivity contribution in [2.45, 2.75) is 26.7 Å². The van der Waals surface area contributed by atoms with Gasteiger partial charge >= 0.3 is 12.1 Å². The Morgan fingerprint density at radius 2 is 2.00 bits per heavy atom. The number of carbonyl (C=O) groups excluding carboxylic acids is 2. The Labute approximate surface area is 105 Å². The molecule has 0 aromatic heterocycles. The predicted octanol–water partition coefficient (Wildman–Crippen LogP) is 1.13. The van der Waals surface area contributed by atoms with Crippen molar-refractivity contribution in [2.75, 3.05) is 13.2 Å². The highest BCUT2D eigenvalue weighted by Gasteiger charge is 2.16. The van der Waals surface area contributed by atoms with E-state index in [0.29, 0.717) is 19.6 Å². The number of hydroxylamine groups is 2. The number of nitrogens with zero attached hydrogens (tertiary/aromatic N) is 1. The Morgan fingerprint density at radius 3 is 2.47 bits per heavy atom. The zero-order valence-corrected chi connectivity index (χ0v) is 10.7. The summed E-state index contributed by atoms with van der Waals surface area (Å²) in [6.07, 6.45) is 0.487. The van der Waals surface area contributed by atoms with E-state index in [1.807, 2.05) is 13.8 Å². The third-order valence-electron chi connectivity index (χ3n) is 1.48. The zero-order chi connectivity index (χ0) is 13.3. The van der Waals surface area contributed by atoms with Crippen molar-refractivity contribution < 1.29 is 19.2 Å². The molecule has 3 N–H and O–H groups in total. The molecule has 0 spiro atoms. The van der Waals surface area contributed by atoms with Gasteiger partial charge in [-0.1, -0.05) is 13.8 Å². The average Bonchev–Trinajstić information content (AvgIpc) is 2.24. The number of amides is 3. The molecule has 0 saturated heterocycles. The van der Waals surface area contributed by atoms with Crippen LogP contribution in [0.1, 0.15) is 26.7 Å². The molecule has 0 aliphatic heterocycles. The molecule has 0 radical (unpaired) electrons. The quantitative estimate of drug-likeness (QED) is 0.583. The molecule has 17 heavy (non-hydrogen) atoms. The topological polar surface area (TPSA) is 93.9 Å². The molecule has 7 nitrogen and oxygen atoms in total. The van der Waals surface area contributed by atoms with Crippen LogP contribution in [0.25, 0.3) is 0 Å². The largest absolute Gasteiger partial charge is 0.469 e. The molecule has 0 aliphatic carbocycles. The maximum absolute atomic E-state index is 11.1. The number of carbonyl (C=O) groups is 2. The Hall–Kier alpha value is -1.57. The Morgan fingerprint density at radius 1 is 1.35 bits per heavy atom. The summed E-state index contributed by atoms with van der Waals surface area (Å²) in [5.74, 6) is 0. The third-order valence-corrected chi connectivity index (χ3v) is 1.80. The fourth-order valence-corrected chi connectivity index (χ4v) is 1.07. The van der Waals surface area contributed by atoms with E-state index in [1.54, 1.807) is 5.32 Å². The van der Waals surface area contributed by atoms with Crippen LogP contribution in [-0.2, 0) is 9.57 Å². The monoisotopic (exact) mass is 263 g/mol. The Balaban J connectivity index is 4.26. The number of primary amides is 1. The van der Waals surface area contributed by atoms with Crippen LogP contribution in [0, 0.1) is 0 Å². The molecule has 8 heteroatoms. The first kappa shape index (κ1) is 15.4. The van der Waals surface area contributed by atoms with Crippen LogP contribution in [0.3, 0.4) is 0 Å². The number of hydrogen-bond acceptors (Lipinski definition) is 5. The summed E-state index contributed by atoms with van der Waals surface area (Å²) in [6, 6.07) is -0.994. The van der Waals surface area contributed by atoms with Crippen molar-refractivity contribution in [3.05, 3.63) is 0 Å². The highest BCUT2D eigenvalue weighted by atomic mass is 32.1. The van der Waals surface area contributed by atoms with E-state index in [1.165, 1.54) is 0 Å². The molecule has 0 heterocycles. The maximum Gasteiger partial charge on any atom is 0.439 e. The average molecular weight is 263 g/mol. The molecule has 0 unspecified atom stereocenters. The number of thiocarbonyl (C=S) groups is 1. The van der Waals surface area contributed by atoms with E-state index < -0.39 is 12.1 Å². The van der Waals surface area contributed by atoms with E-state index in [9.17, 15) is 9.59 Å². The summed E-state index contributed by atoms with van der Waals surface area (Å²) in [4.78, 5) is 26.3. The van der Waals surface area contributed by atoms with Crippen molar-refractivity contribution in [1.29, 1.82) is 0 Å². The van der Waals surface area contributed by atoms with Crippen LogP contribution >= 0.6 is 12.2 Å². The van der Waals surface area contributed by atoms with E-state index in [2.05, 4.69) is 0 Å². The lowest BCUT2D eigenvalue weighted by atomic mass is 10.5. The third kappa shape index (κ3) is 7.34. The molecular formula is C9H17N3O4S. The van der Waals surface area contributed by atoms with Crippen LogP contribution in [-0.4, -0.2) is 35.5 Å². The standard InChI is InChI=1S/C9H17N3O4S/c1-3-5-12(9(17)15-6-4-2)16-8(14)11-7(10)13/h3-6H2,1-2H3,(H3,10,11,13,14). The van der Waals surface area contributed by atoms with Gasteiger partial charge in [0.05, 0.1) is 13.2 Å². The van der Waals surface area contributed by atoms with Crippen molar-refractivity contribution >= 4 is 29.5 Å². The van der Waals surface area contributed by atoms with Crippen LogP contribution in [0.4, 0.5) is 9.59 Å². The molecule has 0 saturated carbocycles. The van der Waals surface area contributed by atoms with Crippen LogP contribution < -0.4 is 11.1 Å². The lowest BCUT2D eigenvalue weighted by Gasteiger charge is -2.22. The van der Waals surface area contributed by atoms with Crippen LogP contribution in [0.15, 0.2) is 0 Å². The molecule has 0 bridgehead atoms. The van der Waals surface area contributed by atoms with Gasteiger partial charge in [-0.25, -0.2) is 14.9 Å². The first-order valence-electron chi connectivity index (χ1n) is 5.23. The van der Waals surface area contributed by atoms with Gasteiger partial charge in [0.25, 0.3) is 5.17 Å². The lowest BCUT2D eigenvalue weighted by molar-refractivity contribution is -0.0511. The highest BCUT2D eigenvalue weighted by molar-refractivity contribution is 7.79. The summed E-state index contributed by atoms with van der Waals surface area (Å²) >= 11 is 4.92. The van der Waals surface area contributed by atoms with E-state index >= 15 is 0 Å². The second-order valence-corrected chi connectivity index (χ2v) is 3.43. The minimum atomic E-state index is -0.994. The van der Waals surface area contributed by atoms with Crippen LogP contribution in [0.5, 0.6) is 0 Å². The fraction of sp³-hybridized carbons (Fsp3) is 0.667. The second-order valence-electron chi connectivity index (χ2n) is 3.08. The smallest absolute Gasteiger partial charge is 0.439 e. The molecular weight excluding hydrogens is 246 g/mol. The van der Waals surface area contributed by atoms with E-state index in [0.717, 1.165) is 11.5 Å². The molecule has 3 amide bonds. The van der Waals surface area contributed by atoms with Gasteiger partial charge in [0.15, 0.2) is 0 Å². The molecule has 98 valence electrons. The number of urea groups is 1. The molecule has 0 atom stereocenters. The summed E-state index contributed by atoms with van der Waals surface area (Å²) in [6.45, 7) is 4.60. The van der Waals surface area contributed by atoms with E-state index in [4.69, 9.17) is 27.5 Å². The van der Waals surface area contributed by atoms with Crippen molar-refractivity contribution in [2.24, 2.45) is 5.73 Å². The lowest BCUT2D eigenvalue weighted by Crippen LogP contribution is -2.42.